The predicted octanol–water partition coefficient (Wildman–Crippen LogP) is -0.822. The van der Waals surface area contributed by atoms with Gasteiger partial charge in [-0.05, 0) is 6.42 Å². The van der Waals surface area contributed by atoms with Gasteiger partial charge in [-0.15, -0.1) is 10.9 Å². The zero-order valence-electron chi connectivity index (χ0n) is 3.98. The molecule has 0 aromatic heterocycles. The second-order valence-corrected chi connectivity index (χ2v) is 1.46. The number of rotatable bonds is 0. The molecule has 0 saturated carbocycles. The lowest BCUT2D eigenvalue weighted by Gasteiger charge is -2.02. The molecule has 0 radical (unpaired) electrons. The van der Waals surface area contributed by atoms with Gasteiger partial charge in [0.05, 0.1) is 18.0 Å². The van der Waals surface area contributed by atoms with Gasteiger partial charge in [0.2, 0.25) is 4.98 Å². The first kappa shape index (κ1) is 4.36. The minimum absolute atomic E-state index is 0.642. The topological polar surface area (TPSA) is 44.1 Å². The molecule has 1 saturated heterocycles. The van der Waals surface area contributed by atoms with Gasteiger partial charge >= 0.3 is 0 Å². The summed E-state index contributed by atoms with van der Waals surface area (Å²) in [5, 5.41) is 0. The highest BCUT2D eigenvalue weighted by Gasteiger charge is 2.09. The van der Waals surface area contributed by atoms with Crippen molar-refractivity contribution in [3.63, 3.8) is 0 Å². The third kappa shape index (κ3) is 1.03. The summed E-state index contributed by atoms with van der Waals surface area (Å²) < 4.78 is 0. The molecule has 1 fully saturated rings. The van der Waals surface area contributed by atoms with Crippen molar-refractivity contribution in [1.82, 2.24) is 10.9 Å². The van der Waals surface area contributed by atoms with Crippen molar-refractivity contribution in [2.24, 2.45) is 0 Å². The van der Waals surface area contributed by atoms with Gasteiger partial charge < -0.3 is 0 Å². The molecular formula is C3H8N3O+. The van der Waals surface area contributed by atoms with Crippen LogP contribution in [0.15, 0.2) is 0 Å². The molecule has 1 aliphatic rings. The van der Waals surface area contributed by atoms with E-state index in [-0.39, 0.29) is 0 Å². The highest BCUT2D eigenvalue weighted by atomic mass is 16.4. The molecule has 1 heterocycles. The summed E-state index contributed by atoms with van der Waals surface area (Å²) in [5.74, 6) is 0. The normalized spacial score (nSPS) is 20.3. The first-order valence-electron chi connectivity index (χ1n) is 2.34. The second kappa shape index (κ2) is 1.77. The largest absolute Gasteiger partial charge is 0.246 e. The predicted molar refractivity (Wildman–Crippen MR) is 24.2 cm³/mol. The fourth-order valence-corrected chi connectivity index (χ4v) is 0.505. The fraction of sp³-hybridized carbons (Fsp3) is 1.00. The zero-order chi connectivity index (χ0) is 5.11. The van der Waals surface area contributed by atoms with Crippen molar-refractivity contribution in [3.8, 4) is 0 Å². The van der Waals surface area contributed by atoms with Crippen molar-refractivity contribution in [2.75, 3.05) is 13.1 Å². The Morgan fingerprint density at radius 1 is 1.29 bits per heavy atom. The number of nitrogens with one attached hydrogen (secondary N) is 2. The highest BCUT2D eigenvalue weighted by Crippen LogP contribution is 1.77. The van der Waals surface area contributed by atoms with Crippen LogP contribution in [-0.2, 0) is 0 Å². The van der Waals surface area contributed by atoms with Crippen molar-refractivity contribution < 1.29 is 4.98 Å². The summed E-state index contributed by atoms with van der Waals surface area (Å²) in [7, 11) is 0. The van der Waals surface area contributed by atoms with Gasteiger partial charge in [0.15, 0.2) is 0 Å². The van der Waals surface area contributed by atoms with Crippen LogP contribution >= 0.6 is 0 Å². The summed E-state index contributed by atoms with van der Waals surface area (Å²) in [5.41, 5.74) is 5.10. The van der Waals surface area contributed by atoms with Crippen LogP contribution in [0.5, 0.6) is 0 Å². The smallest absolute Gasteiger partial charge is 0.123 e. The summed E-state index contributed by atoms with van der Waals surface area (Å²) in [6, 6.07) is 0. The molecule has 0 aromatic carbocycles. The molecule has 7 heavy (non-hydrogen) atoms. The lowest BCUT2D eigenvalue weighted by Crippen LogP contribution is -2.44. The van der Waals surface area contributed by atoms with Gasteiger partial charge in [0.1, 0.15) is 0 Å². The molecule has 0 atom stereocenters. The van der Waals surface area contributed by atoms with E-state index in [1.54, 1.807) is 0 Å². The molecule has 0 aromatic rings. The maximum atomic E-state index is 10.2. The third-order valence-corrected chi connectivity index (χ3v) is 0.864. The molecule has 4 nitrogen and oxygen atoms in total. The summed E-state index contributed by atoms with van der Waals surface area (Å²) >= 11 is 0. The standard InChI is InChI=1S/C3H8N3O/c7-6-4-2-1-3-5-6/h1-3H2,(H2,4,5,7)/q+1. The summed E-state index contributed by atoms with van der Waals surface area (Å²) in [6.07, 6.45) is 1.03. The SMILES string of the molecule is O=[N+]1NCCCN1. The fourth-order valence-electron chi connectivity index (χ4n) is 0.505. The molecule has 0 spiro atoms. The van der Waals surface area contributed by atoms with E-state index in [2.05, 4.69) is 10.9 Å². The van der Waals surface area contributed by atoms with Gasteiger partial charge in [-0.25, -0.2) is 0 Å². The lowest BCUT2D eigenvalue weighted by molar-refractivity contribution is -0.668. The highest BCUT2D eigenvalue weighted by molar-refractivity contribution is 4.40. The number of nitroso groups, excluding NO2 is 1. The van der Waals surface area contributed by atoms with Crippen LogP contribution in [-0.4, -0.2) is 18.1 Å². The van der Waals surface area contributed by atoms with E-state index in [1.807, 2.05) is 0 Å². The van der Waals surface area contributed by atoms with Gasteiger partial charge in [-0.2, -0.15) is 0 Å². The van der Waals surface area contributed by atoms with Crippen molar-refractivity contribution in [1.29, 1.82) is 0 Å². The number of nitrogens with zero attached hydrogens (tertiary/aromatic N) is 1. The van der Waals surface area contributed by atoms with Crippen LogP contribution in [0.4, 0.5) is 0 Å². The van der Waals surface area contributed by atoms with Crippen molar-refractivity contribution >= 4 is 0 Å². The van der Waals surface area contributed by atoms with Crippen LogP contribution in [0.25, 0.3) is 0 Å². The minimum atomic E-state index is 0.642. The van der Waals surface area contributed by atoms with E-state index in [4.69, 9.17) is 0 Å². The molecule has 0 unspecified atom stereocenters. The Kier molecular flexibility index (Phi) is 1.10. The average molecular weight is 102 g/mol. The van der Waals surface area contributed by atoms with E-state index in [0.717, 1.165) is 19.5 Å². The first-order chi connectivity index (χ1) is 3.39. The van der Waals surface area contributed by atoms with Crippen LogP contribution in [0.3, 0.4) is 0 Å². The average Bonchev–Trinajstić information content (AvgIpc) is 1.69. The van der Waals surface area contributed by atoms with Gasteiger partial charge in [-0.1, -0.05) is 0 Å². The van der Waals surface area contributed by atoms with Crippen LogP contribution in [0, 0.1) is 4.91 Å². The van der Waals surface area contributed by atoms with Crippen LogP contribution < -0.4 is 10.9 Å². The molecule has 1 rings (SSSR count). The molecule has 1 aliphatic heterocycles. The zero-order valence-corrected chi connectivity index (χ0v) is 3.98. The Morgan fingerprint density at radius 2 is 1.86 bits per heavy atom. The molecule has 0 amide bonds. The van der Waals surface area contributed by atoms with Gasteiger partial charge in [0, 0.05) is 0 Å². The Balaban J connectivity index is 2.25. The summed E-state index contributed by atoms with van der Waals surface area (Å²) in [6.45, 7) is 1.58. The Labute approximate surface area is 41.4 Å². The van der Waals surface area contributed by atoms with Gasteiger partial charge in [-0.3, -0.25) is 0 Å². The number of hydrogen-bond donors (Lipinski definition) is 2. The first-order valence-corrected chi connectivity index (χ1v) is 2.34. The quantitative estimate of drug-likeness (QED) is 0.393. The monoisotopic (exact) mass is 102 g/mol. The Hall–Kier alpha value is -0.800. The van der Waals surface area contributed by atoms with Crippen molar-refractivity contribution in [3.05, 3.63) is 4.91 Å². The third-order valence-electron chi connectivity index (χ3n) is 0.864. The Morgan fingerprint density at radius 3 is 2.14 bits per heavy atom. The summed E-state index contributed by atoms with van der Waals surface area (Å²) in [4.78, 5) is 10.8. The van der Waals surface area contributed by atoms with E-state index >= 15 is 0 Å². The maximum Gasteiger partial charge on any atom is 0.246 e. The van der Waals surface area contributed by atoms with E-state index < -0.39 is 0 Å². The molecule has 2 N–H and O–H groups in total. The molecular weight excluding hydrogens is 94.1 g/mol. The Bertz CT molecular complexity index is 74.2. The second-order valence-electron chi connectivity index (χ2n) is 1.46. The number of hydrazine groups is 2. The van der Waals surface area contributed by atoms with E-state index in [0.29, 0.717) is 4.98 Å². The maximum absolute atomic E-state index is 10.2. The molecule has 40 valence electrons. The van der Waals surface area contributed by atoms with E-state index in [9.17, 15) is 4.91 Å². The van der Waals surface area contributed by atoms with Gasteiger partial charge in [0.25, 0.3) is 0 Å². The van der Waals surface area contributed by atoms with Crippen LogP contribution in [0.1, 0.15) is 6.42 Å². The molecule has 4 heteroatoms. The number of hydrogen-bond acceptors (Lipinski definition) is 1. The minimum Gasteiger partial charge on any atom is -0.123 e. The van der Waals surface area contributed by atoms with Crippen molar-refractivity contribution in [2.45, 2.75) is 6.42 Å². The molecule has 0 bridgehead atoms. The lowest BCUT2D eigenvalue weighted by atomic mass is 10.4. The van der Waals surface area contributed by atoms with Crippen LogP contribution in [0.2, 0.25) is 0 Å². The molecule has 0 aliphatic carbocycles. The van der Waals surface area contributed by atoms with E-state index in [1.165, 1.54) is 0 Å².